The summed E-state index contributed by atoms with van der Waals surface area (Å²) in [6.45, 7) is 2.41. The number of rotatable bonds is 7. The Morgan fingerprint density at radius 2 is 1.80 bits per heavy atom. The lowest BCUT2D eigenvalue weighted by Gasteiger charge is -2.31. The molecule has 41 heavy (non-hydrogen) atoms. The smallest absolute Gasteiger partial charge is 0.251 e. The number of anilines is 1. The number of carbonyl (C=O) groups excluding carboxylic acids is 2. The lowest BCUT2D eigenvalue weighted by atomic mass is 9.83. The zero-order valence-electron chi connectivity index (χ0n) is 22.9. The minimum absolute atomic E-state index is 0.0673. The van der Waals surface area contributed by atoms with Crippen LogP contribution in [0, 0.1) is 5.92 Å². The van der Waals surface area contributed by atoms with Crippen molar-refractivity contribution in [3.8, 4) is 11.1 Å². The molecule has 1 saturated carbocycles. The van der Waals surface area contributed by atoms with Gasteiger partial charge in [-0.15, -0.1) is 0 Å². The summed E-state index contributed by atoms with van der Waals surface area (Å²) in [7, 11) is 0. The molecule has 0 radical (unpaired) electrons. The zero-order chi connectivity index (χ0) is 28.3. The highest BCUT2D eigenvalue weighted by Crippen LogP contribution is 2.30. The van der Waals surface area contributed by atoms with Crippen LogP contribution >= 0.6 is 11.6 Å². The van der Waals surface area contributed by atoms with E-state index in [0.29, 0.717) is 17.1 Å². The first kappa shape index (κ1) is 27.5. The highest BCUT2D eigenvalue weighted by molar-refractivity contribution is 6.35. The zero-order valence-corrected chi connectivity index (χ0v) is 23.7. The number of β-amino-alcohol motifs (C(OH)–C–C–N with tert-alkyl or cyclic N) is 1. The second-order valence-corrected chi connectivity index (χ2v) is 11.7. The van der Waals surface area contributed by atoms with Crippen LogP contribution in [0.1, 0.15) is 48.0 Å². The summed E-state index contributed by atoms with van der Waals surface area (Å²) >= 11 is 6.18. The number of nitrogens with one attached hydrogen (secondary N) is 3. The van der Waals surface area contributed by atoms with Gasteiger partial charge in [-0.25, -0.2) is 0 Å². The summed E-state index contributed by atoms with van der Waals surface area (Å²) in [5.41, 5.74) is 5.54. The molecule has 1 saturated heterocycles. The van der Waals surface area contributed by atoms with Gasteiger partial charge < -0.3 is 20.7 Å². The van der Waals surface area contributed by atoms with Gasteiger partial charge in [-0.05, 0) is 60.2 Å². The molecule has 1 aromatic heterocycles. The number of nitrogens with zero attached hydrogens (tertiary/aromatic N) is 1. The van der Waals surface area contributed by atoms with Crippen LogP contribution in [0.4, 0.5) is 5.69 Å². The molecule has 2 heterocycles. The van der Waals surface area contributed by atoms with Gasteiger partial charge in [-0.1, -0.05) is 66.9 Å². The van der Waals surface area contributed by atoms with Crippen LogP contribution in [0.5, 0.6) is 0 Å². The molecule has 2 fully saturated rings. The highest BCUT2D eigenvalue weighted by Gasteiger charge is 2.32. The SMILES string of the molecule is O=C(N[C@@H]1CCCC[C@@H]1C(=O)Nc1ccc(-c2ccccc2CN2CCC(O)C2)cc1)c1ccc2c(Cl)c[nH]c2c1. The van der Waals surface area contributed by atoms with E-state index in [-0.39, 0.29) is 29.9 Å². The van der Waals surface area contributed by atoms with Crippen molar-refractivity contribution in [1.29, 1.82) is 0 Å². The van der Waals surface area contributed by atoms with E-state index in [1.54, 1.807) is 18.3 Å². The van der Waals surface area contributed by atoms with Crippen molar-refractivity contribution in [2.24, 2.45) is 5.92 Å². The van der Waals surface area contributed by atoms with E-state index in [2.05, 4.69) is 32.7 Å². The van der Waals surface area contributed by atoms with Gasteiger partial charge in [0.2, 0.25) is 5.91 Å². The second-order valence-electron chi connectivity index (χ2n) is 11.3. The number of carbonyl (C=O) groups is 2. The van der Waals surface area contributed by atoms with Crippen molar-refractivity contribution >= 4 is 40.0 Å². The average molecular weight is 571 g/mol. The van der Waals surface area contributed by atoms with E-state index in [1.807, 2.05) is 42.5 Å². The molecule has 212 valence electrons. The third-order valence-electron chi connectivity index (χ3n) is 8.43. The van der Waals surface area contributed by atoms with Crippen LogP contribution in [0.25, 0.3) is 22.0 Å². The number of benzene rings is 3. The topological polar surface area (TPSA) is 97.5 Å². The lowest BCUT2D eigenvalue weighted by molar-refractivity contribution is -0.121. The van der Waals surface area contributed by atoms with Gasteiger partial charge in [0.15, 0.2) is 0 Å². The first-order valence-corrected chi connectivity index (χ1v) is 14.8. The van der Waals surface area contributed by atoms with Gasteiger partial charge in [0, 0.05) is 54.0 Å². The first-order valence-electron chi connectivity index (χ1n) is 14.4. The molecule has 0 bridgehead atoms. The molecular weight excluding hydrogens is 536 g/mol. The minimum Gasteiger partial charge on any atom is -0.392 e. The van der Waals surface area contributed by atoms with Gasteiger partial charge in [-0.3, -0.25) is 14.5 Å². The van der Waals surface area contributed by atoms with Crippen molar-refractivity contribution in [1.82, 2.24) is 15.2 Å². The Bertz CT molecular complexity index is 1550. The van der Waals surface area contributed by atoms with Crippen LogP contribution < -0.4 is 10.6 Å². The van der Waals surface area contributed by atoms with Gasteiger partial charge >= 0.3 is 0 Å². The summed E-state index contributed by atoms with van der Waals surface area (Å²) in [5.74, 6) is -0.552. The Kier molecular flexibility index (Phi) is 8.10. The predicted octanol–water partition coefficient (Wildman–Crippen LogP) is 5.98. The van der Waals surface area contributed by atoms with E-state index >= 15 is 0 Å². The Morgan fingerprint density at radius 3 is 2.61 bits per heavy atom. The van der Waals surface area contributed by atoms with Crippen molar-refractivity contribution in [3.05, 3.63) is 89.1 Å². The summed E-state index contributed by atoms with van der Waals surface area (Å²) in [6, 6.07) is 21.5. The second kappa shape index (κ2) is 12.1. The number of likely N-dealkylation sites (tertiary alicyclic amines) is 1. The summed E-state index contributed by atoms with van der Waals surface area (Å²) in [4.78, 5) is 31.9. The van der Waals surface area contributed by atoms with Gasteiger partial charge in [0.1, 0.15) is 0 Å². The fourth-order valence-corrected chi connectivity index (χ4v) is 6.43. The number of H-pyrrole nitrogens is 1. The van der Waals surface area contributed by atoms with Crippen LogP contribution in [0.15, 0.2) is 72.9 Å². The van der Waals surface area contributed by atoms with E-state index in [4.69, 9.17) is 11.6 Å². The van der Waals surface area contributed by atoms with E-state index in [0.717, 1.165) is 72.9 Å². The normalized spacial score (nSPS) is 21.2. The van der Waals surface area contributed by atoms with Gasteiger partial charge in [0.25, 0.3) is 5.91 Å². The molecule has 2 aliphatic rings. The standard InChI is InChI=1S/C33H35ClN4O3/c34-29-18-35-31-17-22(11-14-27(29)31)32(40)37-30-8-4-3-7-28(30)33(41)36-24-12-9-21(10-13-24)26-6-2-1-5-23(26)19-38-16-15-25(39)20-38/h1-2,5-6,9-14,17-18,25,28,30,35,39H,3-4,7-8,15-16,19-20H2,(H,36,41)(H,37,40)/t25?,28-,30+/m0/s1. The fourth-order valence-electron chi connectivity index (χ4n) is 6.21. The van der Waals surface area contributed by atoms with E-state index < -0.39 is 0 Å². The number of aliphatic hydroxyl groups is 1. The number of hydrogen-bond acceptors (Lipinski definition) is 4. The summed E-state index contributed by atoms with van der Waals surface area (Å²) in [5, 5.41) is 17.6. The largest absolute Gasteiger partial charge is 0.392 e. The number of aromatic amines is 1. The monoisotopic (exact) mass is 570 g/mol. The summed E-state index contributed by atoms with van der Waals surface area (Å²) in [6.07, 6.45) is 5.73. The number of halogens is 1. The fraction of sp³-hybridized carbons (Fsp3) is 0.333. The number of amides is 2. The molecule has 1 aliphatic heterocycles. The molecule has 4 aromatic rings. The Labute approximate surface area is 244 Å². The van der Waals surface area contributed by atoms with Crippen molar-refractivity contribution in [2.45, 2.75) is 50.8 Å². The molecule has 1 unspecified atom stereocenters. The maximum atomic E-state index is 13.4. The van der Waals surface area contributed by atoms with Gasteiger partial charge in [-0.2, -0.15) is 0 Å². The molecule has 3 atom stereocenters. The van der Waals surface area contributed by atoms with E-state index in [1.165, 1.54) is 5.56 Å². The third kappa shape index (κ3) is 6.17. The Morgan fingerprint density at radius 1 is 1.00 bits per heavy atom. The first-order chi connectivity index (χ1) is 19.9. The molecule has 6 rings (SSSR count). The minimum atomic E-state index is -0.299. The van der Waals surface area contributed by atoms with Crippen LogP contribution in [-0.2, 0) is 11.3 Å². The molecule has 4 N–H and O–H groups in total. The number of aliphatic hydroxyl groups excluding tert-OH is 1. The Balaban J connectivity index is 1.11. The van der Waals surface area contributed by atoms with Crippen molar-refractivity contribution in [2.75, 3.05) is 18.4 Å². The molecule has 1 aliphatic carbocycles. The number of aromatic nitrogens is 1. The van der Waals surface area contributed by atoms with Crippen LogP contribution in [0.3, 0.4) is 0 Å². The number of fused-ring (bicyclic) bond motifs is 1. The highest BCUT2D eigenvalue weighted by atomic mass is 35.5. The summed E-state index contributed by atoms with van der Waals surface area (Å²) < 4.78 is 0. The molecule has 7 nitrogen and oxygen atoms in total. The average Bonchev–Trinajstić information content (AvgIpc) is 3.58. The Hall–Kier alpha value is -3.65. The predicted molar refractivity (Wildman–Crippen MR) is 163 cm³/mol. The van der Waals surface area contributed by atoms with E-state index in [9.17, 15) is 14.7 Å². The third-order valence-corrected chi connectivity index (χ3v) is 8.75. The lowest BCUT2D eigenvalue weighted by Crippen LogP contribution is -2.46. The molecular formula is C33H35ClN4O3. The quantitative estimate of drug-likeness (QED) is 0.220. The van der Waals surface area contributed by atoms with Crippen molar-refractivity contribution in [3.63, 3.8) is 0 Å². The van der Waals surface area contributed by atoms with Crippen LogP contribution in [0.2, 0.25) is 5.02 Å². The molecule has 0 spiro atoms. The number of hydrogen-bond donors (Lipinski definition) is 4. The maximum Gasteiger partial charge on any atom is 0.251 e. The molecule has 2 amide bonds. The molecule has 3 aromatic carbocycles. The van der Waals surface area contributed by atoms with Crippen molar-refractivity contribution < 1.29 is 14.7 Å². The van der Waals surface area contributed by atoms with Gasteiger partial charge in [0.05, 0.1) is 17.0 Å². The maximum absolute atomic E-state index is 13.4. The van der Waals surface area contributed by atoms with Crippen LogP contribution in [-0.4, -0.2) is 52.0 Å². The molecule has 8 heteroatoms.